The van der Waals surface area contributed by atoms with E-state index in [9.17, 15) is 0 Å². The van der Waals surface area contributed by atoms with Crippen LogP contribution in [0.15, 0.2) is 61.1 Å². The van der Waals surface area contributed by atoms with Crippen molar-refractivity contribution in [1.29, 1.82) is 0 Å². The molecule has 0 fully saturated rings. The molecular weight excluding hydrogens is 268 g/mol. The van der Waals surface area contributed by atoms with E-state index in [0.717, 1.165) is 5.52 Å². The minimum atomic E-state index is 1.05. The fourth-order valence-corrected chi connectivity index (χ4v) is 3.02. The molecule has 2 heterocycles. The minimum absolute atomic E-state index is 1.05. The van der Waals surface area contributed by atoms with Crippen LogP contribution in [-0.2, 0) is 0 Å². The van der Waals surface area contributed by atoms with Crippen molar-refractivity contribution in [1.82, 2.24) is 9.97 Å². The lowest BCUT2D eigenvalue weighted by atomic mass is 9.97. The van der Waals surface area contributed by atoms with Crippen LogP contribution in [0.3, 0.4) is 0 Å². The van der Waals surface area contributed by atoms with Crippen molar-refractivity contribution >= 4 is 21.7 Å². The predicted molar refractivity (Wildman–Crippen MR) is 92.0 cm³/mol. The molecular formula is C20H16N2. The molecule has 0 aliphatic rings. The van der Waals surface area contributed by atoms with E-state index in [-0.39, 0.29) is 0 Å². The SMILES string of the molecule is Cc1cc(-c2ccc3c(C)ccnc3c2)cc2ccncc12. The molecule has 4 aromatic rings. The highest BCUT2D eigenvalue weighted by Gasteiger charge is 2.05. The Morgan fingerprint density at radius 3 is 2.55 bits per heavy atom. The molecule has 2 nitrogen and oxygen atoms in total. The van der Waals surface area contributed by atoms with Gasteiger partial charge in [0.1, 0.15) is 0 Å². The standard InChI is InChI=1S/C20H16N2/c1-13-5-8-22-20-11-15(3-4-18(13)20)17-9-14(2)19-12-21-7-6-16(19)10-17/h3-12H,1-2H3. The maximum absolute atomic E-state index is 4.50. The first-order valence-corrected chi connectivity index (χ1v) is 7.42. The summed E-state index contributed by atoms with van der Waals surface area (Å²) in [5.41, 5.74) is 5.98. The number of pyridine rings is 2. The largest absolute Gasteiger partial charge is 0.264 e. The molecule has 0 aliphatic heterocycles. The second-order valence-electron chi connectivity index (χ2n) is 5.75. The van der Waals surface area contributed by atoms with Gasteiger partial charge in [0.15, 0.2) is 0 Å². The fourth-order valence-electron chi connectivity index (χ4n) is 3.02. The van der Waals surface area contributed by atoms with Gasteiger partial charge in [-0.15, -0.1) is 0 Å². The zero-order valence-electron chi connectivity index (χ0n) is 12.7. The predicted octanol–water partition coefficient (Wildman–Crippen LogP) is 5.07. The van der Waals surface area contributed by atoms with Crippen molar-refractivity contribution in [3.63, 3.8) is 0 Å². The van der Waals surface area contributed by atoms with Crippen LogP contribution in [0.5, 0.6) is 0 Å². The Kier molecular flexibility index (Phi) is 2.90. The molecule has 0 saturated carbocycles. The van der Waals surface area contributed by atoms with E-state index in [4.69, 9.17) is 0 Å². The molecule has 0 radical (unpaired) electrons. The highest BCUT2D eigenvalue weighted by atomic mass is 14.6. The smallest absolute Gasteiger partial charge is 0.0710 e. The Balaban J connectivity index is 1.95. The van der Waals surface area contributed by atoms with Gasteiger partial charge in [-0.25, -0.2) is 0 Å². The molecule has 0 spiro atoms. The molecule has 22 heavy (non-hydrogen) atoms. The summed E-state index contributed by atoms with van der Waals surface area (Å²) < 4.78 is 0. The summed E-state index contributed by atoms with van der Waals surface area (Å²) in [5.74, 6) is 0. The topological polar surface area (TPSA) is 25.8 Å². The normalized spacial score (nSPS) is 11.2. The van der Waals surface area contributed by atoms with E-state index in [1.165, 1.54) is 38.4 Å². The van der Waals surface area contributed by atoms with Crippen molar-refractivity contribution in [2.45, 2.75) is 13.8 Å². The summed E-state index contributed by atoms with van der Waals surface area (Å²) in [6, 6.07) is 15.1. The fraction of sp³-hybridized carbons (Fsp3) is 0.100. The van der Waals surface area contributed by atoms with E-state index in [0.29, 0.717) is 0 Å². The Morgan fingerprint density at radius 2 is 1.64 bits per heavy atom. The number of aromatic nitrogens is 2. The summed E-state index contributed by atoms with van der Waals surface area (Å²) in [4.78, 5) is 8.72. The molecule has 0 bridgehead atoms. The highest BCUT2D eigenvalue weighted by Crippen LogP contribution is 2.29. The maximum atomic E-state index is 4.50. The van der Waals surface area contributed by atoms with Crippen molar-refractivity contribution in [2.75, 3.05) is 0 Å². The Bertz CT molecular complexity index is 1000. The summed E-state index contributed by atoms with van der Waals surface area (Å²) >= 11 is 0. The first kappa shape index (κ1) is 13.0. The number of nitrogens with zero attached hydrogens (tertiary/aromatic N) is 2. The van der Waals surface area contributed by atoms with Gasteiger partial charge in [0.05, 0.1) is 5.52 Å². The molecule has 2 heteroatoms. The van der Waals surface area contributed by atoms with Crippen LogP contribution in [0.2, 0.25) is 0 Å². The Labute approximate surface area is 129 Å². The van der Waals surface area contributed by atoms with Crippen LogP contribution in [0.4, 0.5) is 0 Å². The van der Waals surface area contributed by atoms with E-state index >= 15 is 0 Å². The number of aryl methyl sites for hydroxylation is 2. The monoisotopic (exact) mass is 284 g/mol. The van der Waals surface area contributed by atoms with Gasteiger partial charge in [0.25, 0.3) is 0 Å². The van der Waals surface area contributed by atoms with Gasteiger partial charge in [-0.1, -0.05) is 18.2 Å². The molecule has 0 saturated heterocycles. The molecule has 106 valence electrons. The van der Waals surface area contributed by atoms with Crippen LogP contribution in [0.25, 0.3) is 32.8 Å². The van der Waals surface area contributed by atoms with Crippen LogP contribution in [0.1, 0.15) is 11.1 Å². The molecule has 2 aromatic carbocycles. The number of hydrogen-bond donors (Lipinski definition) is 0. The zero-order chi connectivity index (χ0) is 15.1. The lowest BCUT2D eigenvalue weighted by Gasteiger charge is -2.09. The first-order chi connectivity index (χ1) is 10.7. The van der Waals surface area contributed by atoms with E-state index in [1.54, 1.807) is 0 Å². The average molecular weight is 284 g/mol. The average Bonchev–Trinajstić information content (AvgIpc) is 2.55. The summed E-state index contributed by atoms with van der Waals surface area (Å²) in [6.07, 6.45) is 5.65. The van der Waals surface area contributed by atoms with Crippen molar-refractivity contribution in [3.8, 4) is 11.1 Å². The van der Waals surface area contributed by atoms with Crippen LogP contribution in [-0.4, -0.2) is 9.97 Å². The lowest BCUT2D eigenvalue weighted by Crippen LogP contribution is -1.87. The van der Waals surface area contributed by atoms with Gasteiger partial charge in [-0.3, -0.25) is 9.97 Å². The molecule has 2 aromatic heterocycles. The number of fused-ring (bicyclic) bond motifs is 2. The molecule has 4 rings (SSSR count). The third kappa shape index (κ3) is 2.04. The molecule has 0 N–H and O–H groups in total. The van der Waals surface area contributed by atoms with Crippen LogP contribution >= 0.6 is 0 Å². The summed E-state index contributed by atoms with van der Waals surface area (Å²) in [6.45, 7) is 4.26. The van der Waals surface area contributed by atoms with E-state index in [1.807, 2.05) is 18.6 Å². The van der Waals surface area contributed by atoms with Crippen molar-refractivity contribution in [2.24, 2.45) is 0 Å². The molecule has 0 atom stereocenters. The Hall–Kier alpha value is -2.74. The third-order valence-corrected chi connectivity index (χ3v) is 4.26. The lowest BCUT2D eigenvalue weighted by molar-refractivity contribution is 1.35. The van der Waals surface area contributed by atoms with Gasteiger partial charge >= 0.3 is 0 Å². The second-order valence-corrected chi connectivity index (χ2v) is 5.75. The van der Waals surface area contributed by atoms with Crippen molar-refractivity contribution in [3.05, 3.63) is 72.2 Å². The van der Waals surface area contributed by atoms with Gasteiger partial charge in [-0.05, 0) is 65.8 Å². The van der Waals surface area contributed by atoms with Gasteiger partial charge in [-0.2, -0.15) is 0 Å². The summed E-state index contributed by atoms with van der Waals surface area (Å²) in [5, 5.41) is 3.65. The van der Waals surface area contributed by atoms with Crippen LogP contribution in [0, 0.1) is 13.8 Å². The summed E-state index contributed by atoms with van der Waals surface area (Å²) in [7, 11) is 0. The highest BCUT2D eigenvalue weighted by molar-refractivity contribution is 5.92. The quantitative estimate of drug-likeness (QED) is 0.488. The van der Waals surface area contributed by atoms with Crippen LogP contribution < -0.4 is 0 Å². The second kappa shape index (κ2) is 4.92. The molecule has 0 amide bonds. The number of benzene rings is 2. The van der Waals surface area contributed by atoms with Gasteiger partial charge < -0.3 is 0 Å². The first-order valence-electron chi connectivity index (χ1n) is 7.42. The third-order valence-electron chi connectivity index (χ3n) is 4.26. The zero-order valence-corrected chi connectivity index (χ0v) is 12.7. The van der Waals surface area contributed by atoms with E-state index in [2.05, 4.69) is 66.3 Å². The molecule has 0 unspecified atom stereocenters. The maximum Gasteiger partial charge on any atom is 0.0710 e. The number of rotatable bonds is 1. The number of hydrogen-bond acceptors (Lipinski definition) is 2. The molecule has 0 aliphatic carbocycles. The Morgan fingerprint density at radius 1 is 0.727 bits per heavy atom. The minimum Gasteiger partial charge on any atom is -0.264 e. The van der Waals surface area contributed by atoms with E-state index < -0.39 is 0 Å². The van der Waals surface area contributed by atoms with Crippen molar-refractivity contribution < 1.29 is 0 Å². The van der Waals surface area contributed by atoms with Gasteiger partial charge in [0, 0.05) is 29.4 Å². The van der Waals surface area contributed by atoms with Gasteiger partial charge in [0.2, 0.25) is 0 Å².